The van der Waals surface area contributed by atoms with Crippen LogP contribution in [0.5, 0.6) is 5.75 Å². The Kier molecular flexibility index (Phi) is 13.3. The maximum atomic E-state index is 5.83. The molecule has 5 heteroatoms. The summed E-state index contributed by atoms with van der Waals surface area (Å²) < 4.78 is 6.41. The van der Waals surface area contributed by atoms with Crippen LogP contribution in [0.25, 0.3) is 0 Å². The summed E-state index contributed by atoms with van der Waals surface area (Å²) in [6.45, 7) is 4.10. The van der Waals surface area contributed by atoms with Crippen molar-refractivity contribution in [1.82, 2.24) is 0 Å². The number of hydrogen-bond acceptors (Lipinski definition) is 0. The van der Waals surface area contributed by atoms with Crippen molar-refractivity contribution in [2.24, 2.45) is 0 Å². The SMILES string of the molecule is C1CCC([PH+](C2CCCCC2)C2CCCCC2)CC1.CC(C)[OH+]c1ccccc1[CH]=[Ru]([Cl])[Cl]. The van der Waals surface area contributed by atoms with Crippen LogP contribution in [0.3, 0.4) is 0 Å². The van der Waals surface area contributed by atoms with Crippen LogP contribution in [0.4, 0.5) is 0 Å². The number of aromatic hydroxyl groups is 1. The first-order chi connectivity index (χ1) is 16.0. The van der Waals surface area contributed by atoms with E-state index in [0.717, 1.165) is 11.3 Å². The van der Waals surface area contributed by atoms with Crippen LogP contribution in [0.2, 0.25) is 0 Å². The number of hydrogen-bond donors (Lipinski definition) is 0. The summed E-state index contributed by atoms with van der Waals surface area (Å²) in [7, 11) is 11.6. The van der Waals surface area contributed by atoms with Crippen molar-refractivity contribution in [2.45, 2.75) is 133 Å². The molecule has 1 aromatic rings. The number of para-hydroxylation sites is 1. The molecule has 0 heterocycles. The van der Waals surface area contributed by atoms with Gasteiger partial charge in [-0.05, 0) is 77.0 Å². The van der Waals surface area contributed by atoms with E-state index in [4.69, 9.17) is 19.4 Å². The quantitative estimate of drug-likeness (QED) is 0.175. The average molecular weight is 603 g/mol. The van der Waals surface area contributed by atoms with E-state index < -0.39 is 13.5 Å². The molecule has 0 unspecified atom stereocenters. The van der Waals surface area contributed by atoms with Crippen LogP contribution < -0.4 is 0 Å². The molecule has 3 fully saturated rings. The van der Waals surface area contributed by atoms with Crippen molar-refractivity contribution in [1.29, 1.82) is 0 Å². The Morgan fingerprint density at radius 2 is 1.18 bits per heavy atom. The van der Waals surface area contributed by atoms with Gasteiger partial charge in [-0.3, -0.25) is 0 Å². The van der Waals surface area contributed by atoms with E-state index in [0.29, 0.717) is 0 Å². The Balaban J connectivity index is 0.000000196. The second kappa shape index (κ2) is 15.6. The van der Waals surface area contributed by atoms with Crippen molar-refractivity contribution in [3.63, 3.8) is 0 Å². The summed E-state index contributed by atoms with van der Waals surface area (Å²) >= 11 is -1.75. The van der Waals surface area contributed by atoms with Gasteiger partial charge in [0.05, 0.1) is 17.0 Å². The molecule has 1 nitrogen and oxygen atoms in total. The predicted molar refractivity (Wildman–Crippen MR) is 149 cm³/mol. The zero-order valence-corrected chi connectivity index (χ0v) is 25.1. The van der Waals surface area contributed by atoms with Gasteiger partial charge in [-0.25, -0.2) is 0 Å². The summed E-state index contributed by atoms with van der Waals surface area (Å²) in [4.78, 5) is 0. The van der Waals surface area contributed by atoms with Gasteiger partial charge in [-0.15, -0.1) is 0 Å². The van der Waals surface area contributed by atoms with E-state index in [-0.39, 0.29) is 14.0 Å². The zero-order valence-electron chi connectivity index (χ0n) is 20.9. The van der Waals surface area contributed by atoms with E-state index in [2.05, 4.69) is 4.74 Å². The average Bonchev–Trinajstić information content (AvgIpc) is 2.83. The van der Waals surface area contributed by atoms with Gasteiger partial charge in [-0.1, -0.05) is 19.3 Å². The summed E-state index contributed by atoms with van der Waals surface area (Å²) in [5.74, 6) is 0.975. The third-order valence-corrected chi connectivity index (χ3v) is 14.1. The van der Waals surface area contributed by atoms with Crippen LogP contribution >= 0.6 is 27.3 Å². The Morgan fingerprint density at radius 1 is 0.758 bits per heavy atom. The fourth-order valence-electron chi connectivity index (χ4n) is 6.36. The van der Waals surface area contributed by atoms with Crippen molar-refractivity contribution in [3.8, 4) is 5.75 Å². The first-order valence-electron chi connectivity index (χ1n) is 13.5. The van der Waals surface area contributed by atoms with Gasteiger partial charge in [-0.2, -0.15) is 0 Å². The standard InChI is InChI=1S/C18H33P.C10H12O.2ClH.Ru/c1-4-10-16(11-5-1)19(17-12-6-2-7-13-17)18-14-8-3-9-15-18;1-8(2)11-10-7-5-4-6-9(10)3;;;/h16-18H,1-15H2;3-8H,1-2H3;2*1H;/q;;;;+2. The molecule has 190 valence electrons. The van der Waals surface area contributed by atoms with Crippen LogP contribution in [0.15, 0.2) is 24.3 Å². The fraction of sp³-hybridized carbons (Fsp3) is 0.750. The van der Waals surface area contributed by atoms with Gasteiger partial charge in [0, 0.05) is 7.92 Å². The first kappa shape index (κ1) is 28.1. The molecule has 0 aliphatic heterocycles. The van der Waals surface area contributed by atoms with Crippen molar-refractivity contribution < 1.29 is 18.3 Å². The van der Waals surface area contributed by atoms with E-state index in [1.165, 1.54) is 17.0 Å². The normalized spacial score (nSPS) is 21.5. The van der Waals surface area contributed by atoms with E-state index >= 15 is 0 Å². The molecular weight excluding hydrogens is 555 g/mol. The second-order valence-electron chi connectivity index (χ2n) is 10.6. The van der Waals surface area contributed by atoms with E-state index in [1.807, 2.05) is 42.7 Å². The van der Waals surface area contributed by atoms with Crippen LogP contribution in [-0.4, -0.2) is 32.4 Å². The van der Waals surface area contributed by atoms with Crippen molar-refractivity contribution >= 4 is 31.9 Å². The molecule has 0 bridgehead atoms. The topological polar surface area (TPSA) is 12.8 Å². The number of halogens is 2. The minimum absolute atomic E-state index is 0.0465. The Morgan fingerprint density at radius 3 is 1.58 bits per heavy atom. The van der Waals surface area contributed by atoms with Gasteiger partial charge >= 0.3 is 97.8 Å². The van der Waals surface area contributed by atoms with Gasteiger partial charge in [0.25, 0.3) is 0 Å². The van der Waals surface area contributed by atoms with Crippen molar-refractivity contribution in [2.75, 3.05) is 0 Å². The molecular formula is C28H47Cl2OPRu+2. The van der Waals surface area contributed by atoms with Crippen LogP contribution in [0.1, 0.15) is 116 Å². The molecule has 3 saturated carbocycles. The molecule has 0 aromatic heterocycles. The fourth-order valence-corrected chi connectivity index (χ4v) is 13.4. The van der Waals surface area contributed by atoms with Gasteiger partial charge < -0.3 is 0 Å². The molecule has 1 N–H and O–H groups in total. The molecule has 3 aliphatic rings. The molecule has 0 atom stereocenters. The number of rotatable bonds is 6. The van der Waals surface area contributed by atoms with Crippen LogP contribution in [0, 0.1) is 0 Å². The van der Waals surface area contributed by atoms with Crippen LogP contribution in [-0.2, 0) is 13.5 Å². The molecule has 0 radical (unpaired) electrons. The Bertz CT molecular complexity index is 661. The predicted octanol–water partition coefficient (Wildman–Crippen LogP) is 9.61. The number of aliphatic hydroxyl groups is 1. The molecule has 0 spiro atoms. The zero-order chi connectivity index (χ0) is 23.5. The van der Waals surface area contributed by atoms with E-state index in [1.54, 1.807) is 96.3 Å². The van der Waals surface area contributed by atoms with Gasteiger partial charge in [0.1, 0.15) is 0 Å². The third kappa shape index (κ3) is 9.83. The molecule has 3 aliphatic carbocycles. The minimum atomic E-state index is -1.75. The molecule has 33 heavy (non-hydrogen) atoms. The molecule has 0 amide bonds. The van der Waals surface area contributed by atoms with Gasteiger partial charge in [0.15, 0.2) is 0 Å². The second-order valence-corrected chi connectivity index (χ2v) is 19.8. The summed E-state index contributed by atoms with van der Waals surface area (Å²) in [5.41, 5.74) is 4.73. The molecule has 1 aromatic carbocycles. The Hall–Kier alpha value is 0.523. The number of benzene rings is 1. The van der Waals surface area contributed by atoms with E-state index in [9.17, 15) is 0 Å². The van der Waals surface area contributed by atoms with Crippen molar-refractivity contribution in [3.05, 3.63) is 29.8 Å². The first-order valence-corrected chi connectivity index (χ1v) is 20.8. The third-order valence-electron chi connectivity index (χ3n) is 7.75. The molecule has 0 saturated heterocycles. The number of ether oxygens (including phenoxy) is 1. The molecule has 4 rings (SSSR count). The monoisotopic (exact) mass is 602 g/mol. The van der Waals surface area contributed by atoms with Gasteiger partial charge in [0.2, 0.25) is 0 Å². The maximum absolute atomic E-state index is 5.83. The summed E-state index contributed by atoms with van der Waals surface area (Å²) in [6.07, 6.45) is 24.1. The Labute approximate surface area is 218 Å². The summed E-state index contributed by atoms with van der Waals surface area (Å²) in [5, 5.41) is 0. The summed E-state index contributed by atoms with van der Waals surface area (Å²) in [6, 6.07) is 7.92.